The van der Waals surface area contributed by atoms with Crippen LogP contribution in [0.3, 0.4) is 0 Å². The van der Waals surface area contributed by atoms with Crippen molar-refractivity contribution in [2.75, 3.05) is 14.2 Å². The van der Waals surface area contributed by atoms with Crippen LogP contribution in [0.2, 0.25) is 0 Å². The van der Waals surface area contributed by atoms with Crippen LogP contribution in [0.25, 0.3) is 22.1 Å². The molecule has 6 heteroatoms. The van der Waals surface area contributed by atoms with Crippen LogP contribution in [0.15, 0.2) is 82.2 Å². The van der Waals surface area contributed by atoms with Crippen molar-refractivity contribution in [2.45, 2.75) is 0 Å². The Morgan fingerprint density at radius 3 is 2.47 bits per heavy atom. The highest BCUT2D eigenvalue weighted by Gasteiger charge is 2.15. The predicted molar refractivity (Wildman–Crippen MR) is 112 cm³/mol. The van der Waals surface area contributed by atoms with Crippen molar-refractivity contribution in [1.82, 2.24) is 0 Å². The second-order valence-electron chi connectivity index (χ2n) is 6.46. The monoisotopic (exact) mass is 402 g/mol. The Kier molecular flexibility index (Phi) is 5.22. The molecule has 1 heterocycles. The summed E-state index contributed by atoms with van der Waals surface area (Å²) in [6.45, 7) is 0. The van der Waals surface area contributed by atoms with Gasteiger partial charge in [-0.2, -0.15) is 0 Å². The topological polar surface area (TPSA) is 75.0 Å². The SMILES string of the molecule is COc1cccc(C(=O)Oc2ccc3c(=O)c(-c4ccccc4OC)coc3c2)c1. The molecule has 0 N–H and O–H groups in total. The third kappa shape index (κ3) is 3.63. The molecule has 0 atom stereocenters. The average Bonchev–Trinajstić information content (AvgIpc) is 2.79. The van der Waals surface area contributed by atoms with Gasteiger partial charge in [0.15, 0.2) is 0 Å². The molecule has 0 saturated heterocycles. The van der Waals surface area contributed by atoms with Gasteiger partial charge >= 0.3 is 5.97 Å². The summed E-state index contributed by atoms with van der Waals surface area (Å²) in [5.74, 6) is 0.857. The predicted octanol–water partition coefficient (Wildman–Crippen LogP) is 4.70. The van der Waals surface area contributed by atoms with Crippen LogP contribution in [-0.2, 0) is 0 Å². The van der Waals surface area contributed by atoms with E-state index in [1.165, 1.54) is 19.4 Å². The first-order chi connectivity index (χ1) is 14.6. The number of benzene rings is 3. The van der Waals surface area contributed by atoms with Crippen LogP contribution in [0.5, 0.6) is 17.2 Å². The molecule has 1 aromatic heterocycles. The molecule has 150 valence electrons. The zero-order valence-corrected chi connectivity index (χ0v) is 16.4. The highest BCUT2D eigenvalue weighted by Crippen LogP contribution is 2.29. The maximum Gasteiger partial charge on any atom is 0.343 e. The third-order valence-corrected chi connectivity index (χ3v) is 4.66. The number of fused-ring (bicyclic) bond motifs is 1. The molecule has 0 aliphatic carbocycles. The van der Waals surface area contributed by atoms with E-state index in [1.807, 2.05) is 12.1 Å². The van der Waals surface area contributed by atoms with E-state index >= 15 is 0 Å². The molecule has 0 aliphatic heterocycles. The zero-order chi connectivity index (χ0) is 21.1. The molecule has 4 aromatic rings. The van der Waals surface area contributed by atoms with Crippen molar-refractivity contribution in [3.8, 4) is 28.4 Å². The second kappa shape index (κ2) is 8.13. The lowest BCUT2D eigenvalue weighted by molar-refractivity contribution is 0.0734. The van der Waals surface area contributed by atoms with E-state index in [9.17, 15) is 9.59 Å². The minimum atomic E-state index is -0.541. The quantitative estimate of drug-likeness (QED) is 0.356. The second-order valence-corrected chi connectivity index (χ2v) is 6.46. The molecule has 0 spiro atoms. The summed E-state index contributed by atoms with van der Waals surface area (Å²) in [5, 5.41) is 0.375. The Labute approximate surface area is 172 Å². The fourth-order valence-electron chi connectivity index (χ4n) is 3.14. The van der Waals surface area contributed by atoms with Crippen molar-refractivity contribution in [3.05, 3.63) is 88.8 Å². The van der Waals surface area contributed by atoms with E-state index in [1.54, 1.807) is 55.6 Å². The van der Waals surface area contributed by atoms with E-state index in [4.69, 9.17) is 18.6 Å². The molecule has 0 radical (unpaired) electrons. The van der Waals surface area contributed by atoms with Crippen LogP contribution in [0.4, 0.5) is 0 Å². The van der Waals surface area contributed by atoms with Gasteiger partial charge < -0.3 is 18.6 Å². The van der Waals surface area contributed by atoms with E-state index in [-0.39, 0.29) is 11.2 Å². The van der Waals surface area contributed by atoms with Gasteiger partial charge in [-0.25, -0.2) is 4.79 Å². The van der Waals surface area contributed by atoms with Gasteiger partial charge in [-0.1, -0.05) is 24.3 Å². The number of carbonyl (C=O) groups is 1. The summed E-state index contributed by atoms with van der Waals surface area (Å²) < 4.78 is 21.6. The van der Waals surface area contributed by atoms with E-state index in [0.29, 0.717) is 39.2 Å². The number of carbonyl (C=O) groups excluding carboxylic acids is 1. The largest absolute Gasteiger partial charge is 0.497 e. The number of hydrogen-bond acceptors (Lipinski definition) is 6. The Bertz CT molecular complexity index is 1290. The molecule has 0 bridgehead atoms. The molecule has 6 nitrogen and oxygen atoms in total. The molecular formula is C24H18O6. The first-order valence-electron chi connectivity index (χ1n) is 9.16. The number of rotatable bonds is 5. The minimum absolute atomic E-state index is 0.202. The summed E-state index contributed by atoms with van der Waals surface area (Å²) in [5.41, 5.74) is 1.49. The number of ether oxygens (including phenoxy) is 3. The fourth-order valence-corrected chi connectivity index (χ4v) is 3.14. The number of hydrogen-bond donors (Lipinski definition) is 0. The van der Waals surface area contributed by atoms with Gasteiger partial charge in [0.05, 0.1) is 30.7 Å². The molecular weight excluding hydrogens is 384 g/mol. The van der Waals surface area contributed by atoms with Crippen molar-refractivity contribution in [1.29, 1.82) is 0 Å². The van der Waals surface area contributed by atoms with Gasteiger partial charge in [-0.3, -0.25) is 4.79 Å². The first kappa shape index (κ1) is 19.3. The molecule has 0 unspecified atom stereocenters. The molecule has 0 aliphatic rings. The van der Waals surface area contributed by atoms with E-state index < -0.39 is 5.97 Å². The summed E-state index contributed by atoms with van der Waals surface area (Å²) >= 11 is 0. The lowest BCUT2D eigenvalue weighted by atomic mass is 10.0. The number of methoxy groups -OCH3 is 2. The van der Waals surface area contributed by atoms with Crippen molar-refractivity contribution in [3.63, 3.8) is 0 Å². The molecule has 0 saturated carbocycles. The maximum atomic E-state index is 13.0. The van der Waals surface area contributed by atoms with Crippen LogP contribution in [-0.4, -0.2) is 20.2 Å². The lowest BCUT2D eigenvalue weighted by Gasteiger charge is -2.09. The van der Waals surface area contributed by atoms with Gasteiger partial charge in [0.25, 0.3) is 0 Å². The van der Waals surface area contributed by atoms with Gasteiger partial charge in [-0.15, -0.1) is 0 Å². The highest BCUT2D eigenvalue weighted by atomic mass is 16.5. The Balaban J connectivity index is 1.67. The number of esters is 1. The fraction of sp³-hybridized carbons (Fsp3) is 0.0833. The number of para-hydroxylation sites is 1. The van der Waals surface area contributed by atoms with Gasteiger partial charge in [0.1, 0.15) is 29.1 Å². The van der Waals surface area contributed by atoms with Crippen molar-refractivity contribution >= 4 is 16.9 Å². The zero-order valence-electron chi connectivity index (χ0n) is 16.4. The summed E-state index contributed by atoms with van der Waals surface area (Å²) in [6, 6.07) is 18.5. The minimum Gasteiger partial charge on any atom is -0.497 e. The normalized spacial score (nSPS) is 10.6. The highest BCUT2D eigenvalue weighted by molar-refractivity contribution is 5.92. The van der Waals surface area contributed by atoms with E-state index in [2.05, 4.69) is 0 Å². The Morgan fingerprint density at radius 1 is 0.833 bits per heavy atom. The summed E-state index contributed by atoms with van der Waals surface area (Å²) in [7, 11) is 3.07. The summed E-state index contributed by atoms with van der Waals surface area (Å²) in [4.78, 5) is 25.4. The van der Waals surface area contributed by atoms with Crippen LogP contribution >= 0.6 is 0 Å². The molecule has 30 heavy (non-hydrogen) atoms. The molecule has 3 aromatic carbocycles. The van der Waals surface area contributed by atoms with Crippen LogP contribution in [0, 0.1) is 0 Å². The lowest BCUT2D eigenvalue weighted by Crippen LogP contribution is -2.09. The molecule has 4 rings (SSSR count). The van der Waals surface area contributed by atoms with E-state index in [0.717, 1.165) is 0 Å². The maximum absolute atomic E-state index is 13.0. The standard InChI is InChI=1S/C24H18O6/c1-27-16-7-5-6-15(12-16)24(26)30-17-10-11-19-22(13-17)29-14-20(23(19)25)18-8-3-4-9-21(18)28-2/h3-14H,1-2H3. The van der Waals surface area contributed by atoms with Crippen LogP contribution < -0.4 is 19.6 Å². The van der Waals surface area contributed by atoms with Gasteiger partial charge in [0, 0.05) is 11.6 Å². The van der Waals surface area contributed by atoms with Crippen LogP contribution in [0.1, 0.15) is 10.4 Å². The molecule has 0 amide bonds. The average molecular weight is 402 g/mol. The Hall–Kier alpha value is -4.06. The van der Waals surface area contributed by atoms with Gasteiger partial charge in [-0.05, 0) is 36.4 Å². The van der Waals surface area contributed by atoms with Crippen molar-refractivity contribution in [2.24, 2.45) is 0 Å². The van der Waals surface area contributed by atoms with Crippen molar-refractivity contribution < 1.29 is 23.4 Å². The third-order valence-electron chi connectivity index (χ3n) is 4.66. The smallest absolute Gasteiger partial charge is 0.343 e. The first-order valence-corrected chi connectivity index (χ1v) is 9.16. The van der Waals surface area contributed by atoms with Gasteiger partial charge in [0.2, 0.25) is 5.43 Å². The Morgan fingerprint density at radius 2 is 1.67 bits per heavy atom. The summed E-state index contributed by atoms with van der Waals surface area (Å²) in [6.07, 6.45) is 1.39. The molecule has 0 fully saturated rings.